The normalized spacial score (nSPS) is 7.62. The third-order valence-electron chi connectivity index (χ3n) is 0.674. The van der Waals surface area contributed by atoms with Crippen molar-refractivity contribution in [3.63, 3.8) is 0 Å². The fourth-order valence-corrected chi connectivity index (χ4v) is 0.200. The zero-order valence-electron chi connectivity index (χ0n) is 4.65. The van der Waals surface area contributed by atoms with E-state index in [4.69, 9.17) is 10.9 Å². The molecule has 0 saturated heterocycles. The first kappa shape index (κ1) is 6.81. The number of likely N-dealkylation sites (N-methyl/N-ethyl adjacent to an activating group) is 1. The van der Waals surface area contributed by atoms with Gasteiger partial charge in [0.2, 0.25) is 0 Å². The summed E-state index contributed by atoms with van der Waals surface area (Å²) in [6, 6.07) is 0. The molecular weight excluding hydrogens is 104 g/mol. The minimum absolute atomic E-state index is 0.0833. The Morgan fingerprint density at radius 3 is 2.38 bits per heavy atom. The molecule has 44 valence electrons. The van der Waals surface area contributed by atoms with E-state index in [-0.39, 0.29) is 11.5 Å². The molecule has 0 aromatic heterocycles. The van der Waals surface area contributed by atoms with Gasteiger partial charge in [0.1, 0.15) is 11.5 Å². The summed E-state index contributed by atoms with van der Waals surface area (Å²) in [7, 11) is 1.58. The van der Waals surface area contributed by atoms with Crippen LogP contribution in [0.3, 0.4) is 0 Å². The molecule has 0 aliphatic carbocycles. The predicted molar refractivity (Wildman–Crippen MR) is 31.1 cm³/mol. The first-order chi connectivity index (χ1) is 3.72. The zero-order valence-corrected chi connectivity index (χ0v) is 4.65. The van der Waals surface area contributed by atoms with Crippen molar-refractivity contribution in [3.05, 3.63) is 12.3 Å². The molecule has 0 saturated carbocycles. The maximum Gasteiger partial charge on any atom is 0.145 e. The smallest absolute Gasteiger partial charge is 0.145 e. The molecule has 0 bridgehead atoms. The van der Waals surface area contributed by atoms with E-state index < -0.39 is 0 Å². The SMILES string of the molecule is C=C(N=N)C(=N)NC. The largest absolute Gasteiger partial charge is 0.372 e. The van der Waals surface area contributed by atoms with E-state index in [2.05, 4.69) is 17.0 Å². The molecule has 0 aromatic carbocycles. The van der Waals surface area contributed by atoms with Crippen molar-refractivity contribution in [2.45, 2.75) is 0 Å². The summed E-state index contributed by atoms with van der Waals surface area (Å²) >= 11 is 0. The van der Waals surface area contributed by atoms with E-state index in [0.717, 1.165) is 0 Å². The highest BCUT2D eigenvalue weighted by Gasteiger charge is 1.93. The number of nitrogens with zero attached hydrogens (tertiary/aromatic N) is 1. The topological polar surface area (TPSA) is 72.1 Å². The van der Waals surface area contributed by atoms with Gasteiger partial charge >= 0.3 is 0 Å². The van der Waals surface area contributed by atoms with Gasteiger partial charge in [0.05, 0.1) is 0 Å². The summed E-state index contributed by atoms with van der Waals surface area (Å²) in [6.45, 7) is 3.30. The molecule has 4 nitrogen and oxygen atoms in total. The second-order valence-corrected chi connectivity index (χ2v) is 1.18. The minimum Gasteiger partial charge on any atom is -0.372 e. The average Bonchev–Trinajstić information content (AvgIpc) is 1.84. The Kier molecular flexibility index (Phi) is 2.47. The summed E-state index contributed by atoms with van der Waals surface area (Å²) in [5, 5.41) is 12.3. The van der Waals surface area contributed by atoms with E-state index in [1.54, 1.807) is 7.05 Å². The van der Waals surface area contributed by atoms with Crippen LogP contribution in [0, 0.1) is 10.9 Å². The first-order valence-corrected chi connectivity index (χ1v) is 2.05. The van der Waals surface area contributed by atoms with E-state index >= 15 is 0 Å². The number of rotatable bonds is 2. The fraction of sp³-hybridized carbons (Fsp3) is 0.250. The van der Waals surface area contributed by atoms with Gasteiger partial charge in [-0.25, -0.2) is 5.53 Å². The lowest BCUT2D eigenvalue weighted by atomic mass is 10.5. The molecule has 0 spiro atoms. The monoisotopic (exact) mass is 112 g/mol. The molecule has 4 heteroatoms. The Bertz CT molecular complexity index is 126. The van der Waals surface area contributed by atoms with Crippen LogP contribution in [0.5, 0.6) is 0 Å². The molecule has 0 rings (SSSR count). The van der Waals surface area contributed by atoms with Gasteiger partial charge in [-0.2, -0.15) is 5.11 Å². The van der Waals surface area contributed by atoms with Crippen LogP contribution in [0.2, 0.25) is 0 Å². The fourth-order valence-electron chi connectivity index (χ4n) is 0.200. The molecule has 0 heterocycles. The Hall–Kier alpha value is -1.19. The second kappa shape index (κ2) is 2.90. The molecule has 0 fully saturated rings. The molecule has 8 heavy (non-hydrogen) atoms. The number of hydrogen-bond donors (Lipinski definition) is 3. The average molecular weight is 112 g/mol. The summed E-state index contributed by atoms with van der Waals surface area (Å²) in [4.78, 5) is 0. The highest BCUT2D eigenvalue weighted by atomic mass is 15.0. The van der Waals surface area contributed by atoms with E-state index in [1.165, 1.54) is 0 Å². The first-order valence-electron chi connectivity index (χ1n) is 2.05. The van der Waals surface area contributed by atoms with Crippen molar-refractivity contribution < 1.29 is 0 Å². The van der Waals surface area contributed by atoms with Gasteiger partial charge in [0.15, 0.2) is 0 Å². The van der Waals surface area contributed by atoms with Crippen molar-refractivity contribution in [2.75, 3.05) is 7.05 Å². The number of nitrogens with one attached hydrogen (secondary N) is 3. The lowest BCUT2D eigenvalue weighted by Crippen LogP contribution is -2.17. The van der Waals surface area contributed by atoms with Gasteiger partial charge in [-0.1, -0.05) is 6.58 Å². The van der Waals surface area contributed by atoms with Crippen molar-refractivity contribution in [1.29, 1.82) is 10.9 Å². The van der Waals surface area contributed by atoms with Crippen LogP contribution in [0.25, 0.3) is 0 Å². The van der Waals surface area contributed by atoms with Crippen LogP contribution in [0.15, 0.2) is 17.4 Å². The van der Waals surface area contributed by atoms with Crippen molar-refractivity contribution in [1.82, 2.24) is 5.32 Å². The lowest BCUT2D eigenvalue weighted by molar-refractivity contribution is 1.06. The summed E-state index contributed by atoms with van der Waals surface area (Å²) in [5.41, 5.74) is 6.53. The number of hydrogen-bond acceptors (Lipinski definition) is 3. The standard InChI is InChI=1S/C4H8N4/c1-3(8-6)4(5)7-2/h6H,1H2,2H3,(H2,5,7). The van der Waals surface area contributed by atoms with Crippen molar-refractivity contribution >= 4 is 5.84 Å². The Morgan fingerprint density at radius 2 is 2.25 bits per heavy atom. The highest BCUT2D eigenvalue weighted by molar-refractivity contribution is 5.94. The molecule has 3 N–H and O–H groups in total. The lowest BCUT2D eigenvalue weighted by Gasteiger charge is -1.95. The van der Waals surface area contributed by atoms with Crippen LogP contribution in [-0.4, -0.2) is 12.9 Å². The highest BCUT2D eigenvalue weighted by Crippen LogP contribution is 1.88. The third-order valence-corrected chi connectivity index (χ3v) is 0.674. The van der Waals surface area contributed by atoms with Gasteiger partial charge < -0.3 is 5.32 Å². The number of amidine groups is 1. The Balaban J connectivity index is 3.82. The zero-order chi connectivity index (χ0) is 6.57. The van der Waals surface area contributed by atoms with Crippen LogP contribution in [-0.2, 0) is 0 Å². The maximum atomic E-state index is 6.92. The summed E-state index contributed by atoms with van der Waals surface area (Å²) in [6.07, 6.45) is 0. The van der Waals surface area contributed by atoms with Gasteiger partial charge in [-0.15, -0.1) is 0 Å². The molecule has 0 aliphatic heterocycles. The Labute approximate surface area is 47.6 Å². The van der Waals surface area contributed by atoms with Crippen LogP contribution in [0.4, 0.5) is 0 Å². The molecule has 0 radical (unpaired) electrons. The molecule has 0 amide bonds. The molecule has 0 atom stereocenters. The van der Waals surface area contributed by atoms with Crippen molar-refractivity contribution in [3.8, 4) is 0 Å². The predicted octanol–water partition coefficient (Wildman–Crippen LogP) is 0.728. The van der Waals surface area contributed by atoms with Crippen LogP contribution >= 0.6 is 0 Å². The summed E-state index contributed by atoms with van der Waals surface area (Å²) in [5.74, 6) is 0.0833. The quantitative estimate of drug-likeness (QED) is 0.275. The minimum atomic E-state index is 0.0833. The third kappa shape index (κ3) is 1.51. The van der Waals surface area contributed by atoms with Gasteiger partial charge in [0, 0.05) is 7.05 Å². The molecular formula is C4H8N4. The molecule has 0 aliphatic rings. The van der Waals surface area contributed by atoms with E-state index in [0.29, 0.717) is 0 Å². The van der Waals surface area contributed by atoms with Crippen LogP contribution < -0.4 is 5.32 Å². The van der Waals surface area contributed by atoms with Crippen molar-refractivity contribution in [2.24, 2.45) is 5.11 Å². The van der Waals surface area contributed by atoms with E-state index in [1.807, 2.05) is 0 Å². The summed E-state index contributed by atoms with van der Waals surface area (Å²) < 4.78 is 0. The van der Waals surface area contributed by atoms with Gasteiger partial charge in [0.25, 0.3) is 0 Å². The molecule has 0 unspecified atom stereocenters. The van der Waals surface area contributed by atoms with Gasteiger partial charge in [-0.05, 0) is 0 Å². The molecule has 0 aromatic rings. The maximum absolute atomic E-state index is 6.92. The Morgan fingerprint density at radius 1 is 1.75 bits per heavy atom. The van der Waals surface area contributed by atoms with E-state index in [9.17, 15) is 0 Å². The van der Waals surface area contributed by atoms with Crippen LogP contribution in [0.1, 0.15) is 0 Å². The second-order valence-electron chi connectivity index (χ2n) is 1.18. The van der Waals surface area contributed by atoms with Gasteiger partial charge in [-0.3, -0.25) is 5.41 Å².